The lowest BCUT2D eigenvalue weighted by atomic mass is 10.0. The molecule has 3 rings (SSSR count). The molecular formula is C21H29FN4O. The van der Waals surface area contributed by atoms with Crippen LogP contribution in [0.15, 0.2) is 30.5 Å². The van der Waals surface area contributed by atoms with E-state index in [1.165, 1.54) is 6.07 Å². The van der Waals surface area contributed by atoms with E-state index in [0.29, 0.717) is 5.56 Å². The van der Waals surface area contributed by atoms with Crippen molar-refractivity contribution in [2.45, 2.75) is 26.8 Å². The Balaban J connectivity index is 1.80. The van der Waals surface area contributed by atoms with E-state index in [2.05, 4.69) is 22.0 Å². The van der Waals surface area contributed by atoms with Crippen molar-refractivity contribution in [3.05, 3.63) is 53.1 Å². The number of aryl methyl sites for hydroxylation is 1. The van der Waals surface area contributed by atoms with Gasteiger partial charge in [-0.05, 0) is 44.7 Å². The van der Waals surface area contributed by atoms with E-state index in [9.17, 15) is 9.18 Å². The summed E-state index contributed by atoms with van der Waals surface area (Å²) in [5.74, 6) is -0.412. The van der Waals surface area contributed by atoms with Crippen LogP contribution in [0.4, 0.5) is 10.1 Å². The molecule has 1 aromatic carbocycles. The maximum atomic E-state index is 14.0. The van der Waals surface area contributed by atoms with E-state index in [0.717, 1.165) is 49.7 Å². The number of rotatable bonds is 5. The predicted molar refractivity (Wildman–Crippen MR) is 107 cm³/mol. The Morgan fingerprint density at radius 1 is 1.22 bits per heavy atom. The van der Waals surface area contributed by atoms with Crippen LogP contribution in [0.3, 0.4) is 0 Å². The van der Waals surface area contributed by atoms with Crippen molar-refractivity contribution in [2.75, 3.05) is 37.6 Å². The molecule has 1 atom stereocenters. The fraction of sp³-hybridized carbons (Fsp3) is 0.476. The van der Waals surface area contributed by atoms with Crippen LogP contribution in [0.25, 0.3) is 0 Å². The lowest BCUT2D eigenvalue weighted by molar-refractivity contribution is 0.0939. The number of carbonyl (C=O) groups excluding carboxylic acids is 1. The van der Waals surface area contributed by atoms with Gasteiger partial charge in [0.1, 0.15) is 5.82 Å². The molecule has 1 N–H and O–H groups in total. The summed E-state index contributed by atoms with van der Waals surface area (Å²) in [7, 11) is 1.91. The third-order valence-electron chi connectivity index (χ3n) is 5.59. The molecule has 0 spiro atoms. The van der Waals surface area contributed by atoms with Gasteiger partial charge in [-0.1, -0.05) is 6.92 Å². The number of aromatic nitrogens is 1. The van der Waals surface area contributed by atoms with Crippen LogP contribution in [0.5, 0.6) is 0 Å². The van der Waals surface area contributed by atoms with Gasteiger partial charge in [0.15, 0.2) is 0 Å². The molecule has 0 aliphatic carbocycles. The molecule has 27 heavy (non-hydrogen) atoms. The van der Waals surface area contributed by atoms with Crippen LogP contribution >= 0.6 is 0 Å². The van der Waals surface area contributed by atoms with Crippen LogP contribution < -0.4 is 10.2 Å². The second-order valence-electron chi connectivity index (χ2n) is 7.25. The van der Waals surface area contributed by atoms with Gasteiger partial charge in [0.25, 0.3) is 5.91 Å². The minimum atomic E-state index is -0.285. The van der Waals surface area contributed by atoms with Gasteiger partial charge in [-0.2, -0.15) is 0 Å². The summed E-state index contributed by atoms with van der Waals surface area (Å²) in [4.78, 5) is 17.4. The van der Waals surface area contributed by atoms with Gasteiger partial charge < -0.3 is 19.7 Å². The molecule has 2 heterocycles. The van der Waals surface area contributed by atoms with Gasteiger partial charge in [-0.15, -0.1) is 0 Å². The molecule has 1 aliphatic rings. The number of hydrogen-bond donors (Lipinski definition) is 1. The van der Waals surface area contributed by atoms with Gasteiger partial charge >= 0.3 is 0 Å². The molecule has 0 bridgehead atoms. The zero-order valence-corrected chi connectivity index (χ0v) is 16.6. The van der Waals surface area contributed by atoms with E-state index in [4.69, 9.17) is 0 Å². The van der Waals surface area contributed by atoms with E-state index >= 15 is 0 Å². The second-order valence-corrected chi connectivity index (χ2v) is 7.25. The number of halogens is 1. The van der Waals surface area contributed by atoms with Crippen LogP contribution in [0, 0.1) is 12.7 Å². The van der Waals surface area contributed by atoms with E-state index in [1.54, 1.807) is 6.07 Å². The Kier molecular flexibility index (Phi) is 5.85. The van der Waals surface area contributed by atoms with Crippen LogP contribution in [-0.2, 0) is 7.05 Å². The number of amides is 1. The van der Waals surface area contributed by atoms with Crippen LogP contribution in [0.1, 0.15) is 41.5 Å². The standard InChI is InChI=1S/C21H29FN4O/c1-5-25-10-12-26(13-11-25)20-7-6-17(22)14-19(20)15(2)23-21(27)18-8-9-24(4)16(18)3/h6-9,14-15H,5,10-13H2,1-4H3,(H,23,27). The maximum absolute atomic E-state index is 14.0. The number of benzene rings is 1. The third kappa shape index (κ3) is 4.16. The topological polar surface area (TPSA) is 40.5 Å². The fourth-order valence-corrected chi connectivity index (χ4v) is 3.67. The van der Waals surface area contributed by atoms with Crippen LogP contribution in [0.2, 0.25) is 0 Å². The number of likely N-dealkylation sites (N-methyl/N-ethyl adjacent to an activating group) is 1. The molecule has 5 nitrogen and oxygen atoms in total. The zero-order valence-electron chi connectivity index (χ0n) is 16.6. The van der Waals surface area contributed by atoms with Crippen molar-refractivity contribution in [3.8, 4) is 0 Å². The summed E-state index contributed by atoms with van der Waals surface area (Å²) in [6, 6.07) is 6.41. The first-order chi connectivity index (χ1) is 12.9. The summed E-state index contributed by atoms with van der Waals surface area (Å²) < 4.78 is 15.9. The molecule has 0 radical (unpaired) electrons. The molecule has 146 valence electrons. The number of nitrogens with one attached hydrogen (secondary N) is 1. The molecule has 6 heteroatoms. The number of hydrogen-bond acceptors (Lipinski definition) is 3. The van der Waals surface area contributed by atoms with Gasteiger partial charge in [0.2, 0.25) is 0 Å². The van der Waals surface area contributed by atoms with E-state index in [1.807, 2.05) is 43.8 Å². The first kappa shape index (κ1) is 19.4. The second kappa shape index (κ2) is 8.13. The SMILES string of the molecule is CCN1CCN(c2ccc(F)cc2C(C)NC(=O)c2ccn(C)c2C)CC1. The smallest absolute Gasteiger partial charge is 0.253 e. The van der Waals surface area contributed by atoms with E-state index in [-0.39, 0.29) is 17.8 Å². The van der Waals surface area contributed by atoms with Crippen LogP contribution in [-0.4, -0.2) is 48.1 Å². The zero-order chi connectivity index (χ0) is 19.6. The number of piperazine rings is 1. The Labute approximate surface area is 160 Å². The van der Waals surface area contributed by atoms with Crippen molar-refractivity contribution in [1.29, 1.82) is 0 Å². The minimum absolute atomic E-state index is 0.133. The monoisotopic (exact) mass is 372 g/mol. The Bertz CT molecular complexity index is 809. The molecule has 2 aromatic rings. The first-order valence-electron chi connectivity index (χ1n) is 9.60. The quantitative estimate of drug-likeness (QED) is 0.877. The highest BCUT2D eigenvalue weighted by Crippen LogP contribution is 2.28. The van der Waals surface area contributed by atoms with Crippen molar-refractivity contribution < 1.29 is 9.18 Å². The largest absolute Gasteiger partial charge is 0.369 e. The molecule has 1 aromatic heterocycles. The summed E-state index contributed by atoms with van der Waals surface area (Å²) >= 11 is 0. The van der Waals surface area contributed by atoms with Gasteiger partial charge in [0, 0.05) is 56.4 Å². The first-order valence-corrected chi connectivity index (χ1v) is 9.60. The predicted octanol–water partition coefficient (Wildman–Crippen LogP) is 3.11. The highest BCUT2D eigenvalue weighted by molar-refractivity contribution is 5.95. The Morgan fingerprint density at radius 3 is 2.52 bits per heavy atom. The van der Waals surface area contributed by atoms with Crippen molar-refractivity contribution >= 4 is 11.6 Å². The lowest BCUT2D eigenvalue weighted by Gasteiger charge is -2.37. The summed E-state index contributed by atoms with van der Waals surface area (Å²) in [6.45, 7) is 10.9. The molecule has 1 fully saturated rings. The summed E-state index contributed by atoms with van der Waals surface area (Å²) in [6.07, 6.45) is 1.87. The molecule has 1 saturated heterocycles. The highest BCUT2D eigenvalue weighted by Gasteiger charge is 2.22. The number of nitrogens with zero attached hydrogens (tertiary/aromatic N) is 3. The normalized spacial score (nSPS) is 16.4. The molecular weight excluding hydrogens is 343 g/mol. The van der Waals surface area contributed by atoms with Crippen molar-refractivity contribution in [3.63, 3.8) is 0 Å². The minimum Gasteiger partial charge on any atom is -0.369 e. The summed E-state index contributed by atoms with van der Waals surface area (Å²) in [5, 5.41) is 3.04. The molecule has 1 unspecified atom stereocenters. The average molecular weight is 372 g/mol. The molecule has 1 aliphatic heterocycles. The average Bonchev–Trinajstić information content (AvgIpc) is 3.00. The van der Waals surface area contributed by atoms with Crippen molar-refractivity contribution in [2.24, 2.45) is 7.05 Å². The Morgan fingerprint density at radius 2 is 1.93 bits per heavy atom. The van der Waals surface area contributed by atoms with E-state index < -0.39 is 0 Å². The van der Waals surface area contributed by atoms with Gasteiger partial charge in [-0.25, -0.2) is 4.39 Å². The Hall–Kier alpha value is -2.34. The molecule has 0 saturated carbocycles. The molecule has 1 amide bonds. The van der Waals surface area contributed by atoms with Crippen molar-refractivity contribution in [1.82, 2.24) is 14.8 Å². The van der Waals surface area contributed by atoms with Gasteiger partial charge in [0.05, 0.1) is 11.6 Å². The summed E-state index contributed by atoms with van der Waals surface area (Å²) in [5.41, 5.74) is 3.39. The number of carbonyl (C=O) groups is 1. The highest BCUT2D eigenvalue weighted by atomic mass is 19.1. The lowest BCUT2D eigenvalue weighted by Crippen LogP contribution is -2.46. The maximum Gasteiger partial charge on any atom is 0.253 e. The third-order valence-corrected chi connectivity index (χ3v) is 5.59. The number of anilines is 1. The van der Waals surface area contributed by atoms with Gasteiger partial charge in [-0.3, -0.25) is 4.79 Å². The fourth-order valence-electron chi connectivity index (χ4n) is 3.67.